The molecule has 120 valence electrons. The van der Waals surface area contributed by atoms with E-state index in [0.717, 1.165) is 0 Å². The highest BCUT2D eigenvalue weighted by Gasteiger charge is 2.45. The molecular formula is C19H38O. The summed E-state index contributed by atoms with van der Waals surface area (Å²) < 4.78 is 0. The maximum Gasteiger partial charge on any atom is 0.126 e. The highest BCUT2D eigenvalue weighted by Crippen LogP contribution is 2.50. The van der Waals surface area contributed by atoms with Crippen molar-refractivity contribution in [1.29, 1.82) is 0 Å². The monoisotopic (exact) mass is 282 g/mol. The molecule has 1 nitrogen and oxygen atoms in total. The Morgan fingerprint density at radius 2 is 1.45 bits per heavy atom. The lowest BCUT2D eigenvalue weighted by Crippen LogP contribution is -2.44. The number of carbonyl (C=O) groups excluding carboxylic acids is 1. The third kappa shape index (κ3) is 4.09. The molecule has 0 saturated carbocycles. The maximum atomic E-state index is 11.9. The van der Waals surface area contributed by atoms with Crippen molar-refractivity contribution >= 4 is 6.29 Å². The first kappa shape index (κ1) is 19.7. The first-order valence-electron chi connectivity index (χ1n) is 8.84. The lowest BCUT2D eigenvalue weighted by molar-refractivity contribution is -0.126. The van der Waals surface area contributed by atoms with E-state index in [-0.39, 0.29) is 5.41 Å². The fourth-order valence-corrected chi connectivity index (χ4v) is 3.98. The van der Waals surface area contributed by atoms with E-state index in [1.165, 1.54) is 51.2 Å². The van der Waals surface area contributed by atoms with Crippen LogP contribution in [0, 0.1) is 22.7 Å². The minimum atomic E-state index is -0.185. The zero-order valence-corrected chi connectivity index (χ0v) is 15.1. The van der Waals surface area contributed by atoms with Gasteiger partial charge in [0.25, 0.3) is 0 Å². The molecule has 0 N–H and O–H groups in total. The van der Waals surface area contributed by atoms with Crippen molar-refractivity contribution in [2.75, 3.05) is 0 Å². The van der Waals surface area contributed by atoms with Gasteiger partial charge in [-0.15, -0.1) is 0 Å². The van der Waals surface area contributed by atoms with Gasteiger partial charge in [0, 0.05) is 5.41 Å². The second-order valence-corrected chi connectivity index (χ2v) is 7.03. The van der Waals surface area contributed by atoms with Crippen molar-refractivity contribution < 1.29 is 4.79 Å². The SMILES string of the molecule is CCCCCC(C)C(C)(C=O)C(C)C(CC)(CC)CC. The summed E-state index contributed by atoms with van der Waals surface area (Å²) >= 11 is 0. The summed E-state index contributed by atoms with van der Waals surface area (Å²) in [7, 11) is 0. The van der Waals surface area contributed by atoms with Crippen molar-refractivity contribution in [2.24, 2.45) is 22.7 Å². The van der Waals surface area contributed by atoms with Crippen molar-refractivity contribution in [3.8, 4) is 0 Å². The van der Waals surface area contributed by atoms with Crippen molar-refractivity contribution in [3.63, 3.8) is 0 Å². The Balaban J connectivity index is 5.13. The number of unbranched alkanes of at least 4 members (excludes halogenated alkanes) is 2. The molecule has 0 rings (SSSR count). The molecule has 0 heterocycles. The predicted molar refractivity (Wildman–Crippen MR) is 89.9 cm³/mol. The molecule has 0 aromatic heterocycles. The average molecular weight is 283 g/mol. The fourth-order valence-electron chi connectivity index (χ4n) is 3.98. The van der Waals surface area contributed by atoms with Gasteiger partial charge in [0.1, 0.15) is 6.29 Å². The molecule has 0 saturated heterocycles. The normalized spacial score (nSPS) is 18.4. The number of hydrogen-bond donors (Lipinski definition) is 0. The molecule has 1 heteroatoms. The maximum absolute atomic E-state index is 11.9. The predicted octanol–water partition coefficient (Wildman–Crippen LogP) is 6.26. The summed E-state index contributed by atoms with van der Waals surface area (Å²) in [5.41, 5.74) is 0.129. The van der Waals surface area contributed by atoms with Crippen LogP contribution in [0.1, 0.15) is 93.4 Å². The number of hydrogen-bond acceptors (Lipinski definition) is 1. The lowest BCUT2D eigenvalue weighted by Gasteiger charge is -2.48. The Kier molecular flexibility index (Phi) is 8.70. The van der Waals surface area contributed by atoms with E-state index in [0.29, 0.717) is 17.3 Å². The van der Waals surface area contributed by atoms with Crippen molar-refractivity contribution in [1.82, 2.24) is 0 Å². The van der Waals surface area contributed by atoms with Crippen LogP contribution in [0.5, 0.6) is 0 Å². The number of aldehydes is 1. The summed E-state index contributed by atoms with van der Waals surface area (Å²) in [5.74, 6) is 0.926. The van der Waals surface area contributed by atoms with Crippen LogP contribution in [0.3, 0.4) is 0 Å². The summed E-state index contributed by atoms with van der Waals surface area (Å²) in [6.07, 6.45) is 9.76. The van der Waals surface area contributed by atoms with Gasteiger partial charge in [-0.25, -0.2) is 0 Å². The van der Waals surface area contributed by atoms with Crippen LogP contribution in [-0.4, -0.2) is 6.29 Å². The highest BCUT2D eigenvalue weighted by molar-refractivity contribution is 5.60. The molecule has 0 aliphatic carbocycles. The Bertz CT molecular complexity index is 259. The molecule has 20 heavy (non-hydrogen) atoms. The van der Waals surface area contributed by atoms with Crippen LogP contribution >= 0.6 is 0 Å². The zero-order valence-electron chi connectivity index (χ0n) is 15.1. The van der Waals surface area contributed by atoms with Gasteiger partial charge >= 0.3 is 0 Å². The van der Waals surface area contributed by atoms with Gasteiger partial charge in [0.05, 0.1) is 0 Å². The van der Waals surface area contributed by atoms with E-state index in [1.807, 2.05) is 0 Å². The molecule has 0 aliphatic heterocycles. The molecule has 0 aromatic carbocycles. The summed E-state index contributed by atoms with van der Waals surface area (Å²) in [5, 5.41) is 0. The average Bonchev–Trinajstić information content (AvgIpc) is 2.48. The van der Waals surface area contributed by atoms with Crippen LogP contribution in [0.4, 0.5) is 0 Å². The minimum Gasteiger partial charge on any atom is -0.303 e. The first-order chi connectivity index (χ1) is 9.38. The Morgan fingerprint density at radius 3 is 1.80 bits per heavy atom. The number of rotatable bonds is 11. The Morgan fingerprint density at radius 1 is 0.950 bits per heavy atom. The molecule has 0 radical (unpaired) electrons. The molecule has 3 unspecified atom stereocenters. The Labute approximate surface area is 127 Å². The van der Waals surface area contributed by atoms with Gasteiger partial charge in [-0.05, 0) is 23.7 Å². The molecule has 0 spiro atoms. The van der Waals surface area contributed by atoms with E-state index in [9.17, 15) is 4.79 Å². The van der Waals surface area contributed by atoms with E-state index >= 15 is 0 Å². The highest BCUT2D eigenvalue weighted by atomic mass is 16.1. The first-order valence-corrected chi connectivity index (χ1v) is 8.84. The molecule has 0 aromatic rings. The van der Waals surface area contributed by atoms with Crippen LogP contribution < -0.4 is 0 Å². The second-order valence-electron chi connectivity index (χ2n) is 7.03. The topological polar surface area (TPSA) is 17.1 Å². The van der Waals surface area contributed by atoms with Crippen LogP contribution in [0.25, 0.3) is 0 Å². The molecule has 3 atom stereocenters. The van der Waals surface area contributed by atoms with Gasteiger partial charge in [-0.2, -0.15) is 0 Å². The third-order valence-corrected chi connectivity index (χ3v) is 6.52. The van der Waals surface area contributed by atoms with Gasteiger partial charge < -0.3 is 4.79 Å². The van der Waals surface area contributed by atoms with Crippen molar-refractivity contribution in [2.45, 2.75) is 93.4 Å². The quantitative estimate of drug-likeness (QED) is 0.323. The number of carbonyl (C=O) groups is 1. The molecule has 0 aliphatic rings. The van der Waals surface area contributed by atoms with Gasteiger partial charge in [-0.3, -0.25) is 0 Å². The summed E-state index contributed by atoms with van der Waals surface area (Å²) in [6, 6.07) is 0. The van der Waals surface area contributed by atoms with E-state index in [2.05, 4.69) is 48.5 Å². The van der Waals surface area contributed by atoms with Gasteiger partial charge in [0.15, 0.2) is 0 Å². The second kappa shape index (κ2) is 8.85. The standard InChI is InChI=1S/C19H38O/c1-8-12-13-14-16(5)18(7,15-20)17(6)19(9-2,10-3)11-4/h15-17H,8-14H2,1-7H3. The van der Waals surface area contributed by atoms with Crippen molar-refractivity contribution in [3.05, 3.63) is 0 Å². The molecule has 0 bridgehead atoms. The lowest BCUT2D eigenvalue weighted by atomic mass is 9.56. The van der Waals surface area contributed by atoms with Crippen LogP contribution in [-0.2, 0) is 4.79 Å². The minimum absolute atomic E-state index is 0.185. The zero-order chi connectivity index (χ0) is 15.8. The summed E-state index contributed by atoms with van der Waals surface area (Å²) in [4.78, 5) is 11.9. The van der Waals surface area contributed by atoms with Gasteiger partial charge in [0.2, 0.25) is 0 Å². The van der Waals surface area contributed by atoms with Crippen LogP contribution in [0.2, 0.25) is 0 Å². The molecular weight excluding hydrogens is 244 g/mol. The largest absolute Gasteiger partial charge is 0.303 e. The molecule has 0 amide bonds. The van der Waals surface area contributed by atoms with E-state index in [1.54, 1.807) is 0 Å². The van der Waals surface area contributed by atoms with E-state index < -0.39 is 0 Å². The smallest absolute Gasteiger partial charge is 0.126 e. The molecule has 0 fully saturated rings. The van der Waals surface area contributed by atoms with E-state index in [4.69, 9.17) is 0 Å². The van der Waals surface area contributed by atoms with Gasteiger partial charge in [-0.1, -0.05) is 87.0 Å². The third-order valence-electron chi connectivity index (χ3n) is 6.52. The summed E-state index contributed by atoms with van der Waals surface area (Å²) in [6.45, 7) is 15.9. The van der Waals surface area contributed by atoms with Crippen LogP contribution in [0.15, 0.2) is 0 Å². The Hall–Kier alpha value is -0.330. The fraction of sp³-hybridized carbons (Fsp3) is 0.947.